The molecular weight excluding hydrogens is 282 g/mol. The van der Waals surface area contributed by atoms with Gasteiger partial charge in [0.15, 0.2) is 0 Å². The fourth-order valence-electron chi connectivity index (χ4n) is 1.40. The van der Waals surface area contributed by atoms with E-state index in [1.807, 2.05) is 18.2 Å². The van der Waals surface area contributed by atoms with Crippen LogP contribution in [0.4, 0.5) is 0 Å². The van der Waals surface area contributed by atoms with E-state index in [0.29, 0.717) is 25.7 Å². The monoisotopic (exact) mass is 301 g/mol. The molecule has 0 aromatic heterocycles. The second-order valence-electron chi connectivity index (χ2n) is 4.24. The fraction of sp³-hybridized carbons (Fsp3) is 0.538. The van der Waals surface area contributed by atoms with Crippen LogP contribution in [0.25, 0.3) is 0 Å². The summed E-state index contributed by atoms with van der Waals surface area (Å²) in [6, 6.07) is 5.83. The topological polar surface area (TPSA) is 44.5 Å². The Morgan fingerprint density at radius 2 is 2.06 bits per heavy atom. The van der Waals surface area contributed by atoms with Crippen molar-refractivity contribution >= 4 is 15.9 Å². The number of hydrogen-bond donors (Lipinski definition) is 1. The highest BCUT2D eigenvalue weighted by Gasteiger charge is 2.05. The molecule has 0 unspecified atom stereocenters. The average molecular weight is 302 g/mol. The minimum absolute atomic E-state index is 0.462. The van der Waals surface area contributed by atoms with Crippen molar-refractivity contribution in [2.45, 2.75) is 20.4 Å². The van der Waals surface area contributed by atoms with Gasteiger partial charge in [0.05, 0.1) is 6.61 Å². The molecule has 0 atom stereocenters. The molecule has 0 amide bonds. The summed E-state index contributed by atoms with van der Waals surface area (Å²) in [5.74, 6) is 1.38. The zero-order valence-electron chi connectivity index (χ0n) is 10.4. The van der Waals surface area contributed by atoms with Gasteiger partial charge in [-0.1, -0.05) is 35.8 Å². The maximum Gasteiger partial charge on any atom is 0.125 e. The predicted octanol–water partition coefficient (Wildman–Crippen LogP) is 2.96. The van der Waals surface area contributed by atoms with Crippen molar-refractivity contribution in [2.75, 3.05) is 19.8 Å². The maximum atomic E-state index is 5.68. The summed E-state index contributed by atoms with van der Waals surface area (Å²) in [5, 5.41) is 0. The van der Waals surface area contributed by atoms with E-state index >= 15 is 0 Å². The molecule has 1 aromatic rings. The Morgan fingerprint density at radius 3 is 2.71 bits per heavy atom. The van der Waals surface area contributed by atoms with Crippen molar-refractivity contribution in [1.82, 2.24) is 0 Å². The number of hydrogen-bond acceptors (Lipinski definition) is 3. The van der Waals surface area contributed by atoms with Crippen LogP contribution >= 0.6 is 15.9 Å². The summed E-state index contributed by atoms with van der Waals surface area (Å²) < 4.78 is 12.1. The largest absolute Gasteiger partial charge is 0.491 e. The summed E-state index contributed by atoms with van der Waals surface area (Å²) >= 11 is 3.46. The molecule has 0 aliphatic heterocycles. The Morgan fingerprint density at radius 1 is 1.29 bits per heavy atom. The molecule has 96 valence electrons. The van der Waals surface area contributed by atoms with E-state index in [1.54, 1.807) is 0 Å². The van der Waals surface area contributed by atoms with Gasteiger partial charge < -0.3 is 15.2 Å². The number of ether oxygens (including phenoxy) is 2. The molecule has 0 spiro atoms. The van der Waals surface area contributed by atoms with Gasteiger partial charge in [0.2, 0.25) is 0 Å². The Labute approximate surface area is 111 Å². The molecule has 17 heavy (non-hydrogen) atoms. The molecule has 0 aliphatic carbocycles. The molecule has 0 heterocycles. The second-order valence-corrected chi connectivity index (χ2v) is 5.09. The molecule has 1 aromatic carbocycles. The van der Waals surface area contributed by atoms with E-state index < -0.39 is 0 Å². The molecular formula is C13H20BrNO2. The molecule has 0 saturated heterocycles. The van der Waals surface area contributed by atoms with E-state index in [0.717, 1.165) is 22.4 Å². The first-order valence-corrected chi connectivity index (χ1v) is 6.62. The van der Waals surface area contributed by atoms with Gasteiger partial charge >= 0.3 is 0 Å². The summed E-state index contributed by atoms with van der Waals surface area (Å²) in [6.45, 7) is 6.64. The lowest BCUT2D eigenvalue weighted by molar-refractivity contribution is 0.0816. The van der Waals surface area contributed by atoms with Gasteiger partial charge in [-0.15, -0.1) is 0 Å². The van der Waals surface area contributed by atoms with Crippen LogP contribution in [0.5, 0.6) is 5.75 Å². The van der Waals surface area contributed by atoms with Crippen LogP contribution in [-0.4, -0.2) is 19.8 Å². The highest BCUT2D eigenvalue weighted by Crippen LogP contribution is 2.26. The lowest BCUT2D eigenvalue weighted by Crippen LogP contribution is -2.11. The molecule has 0 bridgehead atoms. The number of rotatable bonds is 7. The third-order valence-corrected chi connectivity index (χ3v) is 2.96. The third-order valence-electron chi connectivity index (χ3n) is 2.22. The van der Waals surface area contributed by atoms with Crippen LogP contribution in [0.1, 0.15) is 19.4 Å². The van der Waals surface area contributed by atoms with Crippen molar-refractivity contribution < 1.29 is 9.47 Å². The van der Waals surface area contributed by atoms with Crippen molar-refractivity contribution in [3.05, 3.63) is 28.2 Å². The van der Waals surface area contributed by atoms with E-state index in [-0.39, 0.29) is 0 Å². The van der Waals surface area contributed by atoms with Gasteiger partial charge in [-0.25, -0.2) is 0 Å². The smallest absolute Gasteiger partial charge is 0.125 e. The van der Waals surface area contributed by atoms with Gasteiger partial charge in [-0.3, -0.25) is 0 Å². The molecule has 3 nitrogen and oxygen atoms in total. The van der Waals surface area contributed by atoms with Crippen LogP contribution in [0, 0.1) is 5.92 Å². The van der Waals surface area contributed by atoms with Gasteiger partial charge in [0.25, 0.3) is 0 Å². The van der Waals surface area contributed by atoms with Crippen molar-refractivity contribution in [1.29, 1.82) is 0 Å². The minimum atomic E-state index is 0.462. The predicted molar refractivity (Wildman–Crippen MR) is 73.2 cm³/mol. The molecule has 0 aliphatic rings. The summed E-state index contributed by atoms with van der Waals surface area (Å²) in [6.07, 6.45) is 0. The lowest BCUT2D eigenvalue weighted by atomic mass is 10.2. The first-order valence-electron chi connectivity index (χ1n) is 5.83. The van der Waals surface area contributed by atoms with Crippen molar-refractivity contribution in [2.24, 2.45) is 11.7 Å². The first-order chi connectivity index (χ1) is 8.15. The highest BCUT2D eigenvalue weighted by atomic mass is 79.9. The van der Waals surface area contributed by atoms with E-state index in [4.69, 9.17) is 15.2 Å². The van der Waals surface area contributed by atoms with Gasteiger partial charge in [0.1, 0.15) is 12.4 Å². The lowest BCUT2D eigenvalue weighted by Gasteiger charge is -2.12. The van der Waals surface area contributed by atoms with Crippen LogP contribution in [0.15, 0.2) is 22.7 Å². The van der Waals surface area contributed by atoms with Crippen LogP contribution in [-0.2, 0) is 11.3 Å². The molecule has 0 saturated carbocycles. The quantitative estimate of drug-likeness (QED) is 0.788. The fourth-order valence-corrected chi connectivity index (χ4v) is 1.91. The van der Waals surface area contributed by atoms with Gasteiger partial charge in [-0.05, 0) is 18.1 Å². The summed E-state index contributed by atoms with van der Waals surface area (Å²) in [5.41, 5.74) is 6.68. The Balaban J connectivity index is 2.39. The van der Waals surface area contributed by atoms with Gasteiger partial charge in [-0.2, -0.15) is 0 Å². The third kappa shape index (κ3) is 5.06. The Kier molecular flexibility index (Phi) is 6.55. The molecule has 0 fully saturated rings. The molecule has 2 N–H and O–H groups in total. The number of nitrogens with two attached hydrogens (primary N) is 1. The maximum absolute atomic E-state index is 5.68. The highest BCUT2D eigenvalue weighted by molar-refractivity contribution is 9.10. The molecule has 0 radical (unpaired) electrons. The van der Waals surface area contributed by atoms with E-state index in [2.05, 4.69) is 29.8 Å². The minimum Gasteiger partial charge on any atom is -0.491 e. The second kappa shape index (κ2) is 7.69. The summed E-state index contributed by atoms with van der Waals surface area (Å²) in [4.78, 5) is 0. The molecule has 4 heteroatoms. The first kappa shape index (κ1) is 14.5. The summed E-state index contributed by atoms with van der Waals surface area (Å²) in [7, 11) is 0. The molecule has 1 rings (SSSR count). The van der Waals surface area contributed by atoms with Crippen LogP contribution in [0.3, 0.4) is 0 Å². The standard InChI is InChI=1S/C13H20BrNO2/c1-10(2)9-16-6-7-17-13-5-3-4-12(14)11(13)8-15/h3-5,10H,6-9,15H2,1-2H3. The van der Waals surface area contributed by atoms with Crippen molar-refractivity contribution in [3.63, 3.8) is 0 Å². The number of benzene rings is 1. The zero-order chi connectivity index (χ0) is 12.7. The Hall–Kier alpha value is -0.580. The van der Waals surface area contributed by atoms with Gasteiger partial charge in [0, 0.05) is 23.2 Å². The van der Waals surface area contributed by atoms with Crippen LogP contribution in [0.2, 0.25) is 0 Å². The number of halogens is 1. The zero-order valence-corrected chi connectivity index (χ0v) is 12.0. The van der Waals surface area contributed by atoms with Crippen LogP contribution < -0.4 is 10.5 Å². The Bertz CT molecular complexity index is 342. The van der Waals surface area contributed by atoms with Crippen molar-refractivity contribution in [3.8, 4) is 5.75 Å². The normalized spacial score (nSPS) is 10.9. The van der Waals surface area contributed by atoms with E-state index in [1.165, 1.54) is 0 Å². The SMILES string of the molecule is CC(C)COCCOc1cccc(Br)c1CN. The average Bonchev–Trinajstić information content (AvgIpc) is 2.28. The van der Waals surface area contributed by atoms with E-state index in [9.17, 15) is 0 Å².